The van der Waals surface area contributed by atoms with Crippen LogP contribution in [0.4, 0.5) is 4.79 Å². The molecule has 1 N–H and O–H groups in total. The number of nitrogens with one attached hydrogen (secondary N) is 1. The van der Waals surface area contributed by atoms with E-state index < -0.39 is 0 Å². The lowest BCUT2D eigenvalue weighted by Gasteiger charge is -2.15. The van der Waals surface area contributed by atoms with Crippen molar-refractivity contribution in [3.63, 3.8) is 0 Å². The summed E-state index contributed by atoms with van der Waals surface area (Å²) in [6.07, 6.45) is 1.82. The van der Waals surface area contributed by atoms with Gasteiger partial charge in [0.1, 0.15) is 0 Å². The molecule has 1 atom stereocenters. The van der Waals surface area contributed by atoms with E-state index in [2.05, 4.69) is 35.9 Å². The lowest BCUT2D eigenvalue weighted by atomic mass is 10.1. The number of likely N-dealkylation sites (tertiary alicyclic amines) is 1. The molecular formula is C15H26N4O2. The highest BCUT2D eigenvalue weighted by atomic mass is 16.5. The fourth-order valence-electron chi connectivity index (χ4n) is 2.89. The average Bonchev–Trinajstić information content (AvgIpc) is 3.03. The van der Waals surface area contributed by atoms with E-state index in [1.165, 1.54) is 18.4 Å². The number of methoxy groups -OCH3 is 1. The minimum absolute atomic E-state index is 0.234. The molecule has 118 valence electrons. The Labute approximate surface area is 126 Å². The first kappa shape index (κ1) is 15.8. The van der Waals surface area contributed by atoms with Crippen molar-refractivity contribution < 1.29 is 9.53 Å². The molecule has 1 aliphatic rings. The molecule has 1 aromatic rings. The normalized spacial score (nSPS) is 18.3. The van der Waals surface area contributed by atoms with E-state index in [4.69, 9.17) is 4.74 Å². The van der Waals surface area contributed by atoms with Gasteiger partial charge in [-0.15, -0.1) is 0 Å². The van der Waals surface area contributed by atoms with Crippen LogP contribution in [0.15, 0.2) is 0 Å². The van der Waals surface area contributed by atoms with Crippen LogP contribution < -0.4 is 5.32 Å². The van der Waals surface area contributed by atoms with E-state index in [0.717, 1.165) is 38.2 Å². The van der Waals surface area contributed by atoms with E-state index in [0.29, 0.717) is 12.6 Å². The molecule has 0 spiro atoms. The number of carbonyl (C=O) groups excluding carboxylic acids is 1. The number of hydrogen-bond acceptors (Lipinski definition) is 4. The zero-order chi connectivity index (χ0) is 15.4. The van der Waals surface area contributed by atoms with Gasteiger partial charge in [0.25, 0.3) is 0 Å². The number of ether oxygens (including phenoxy) is 1. The quantitative estimate of drug-likeness (QED) is 0.900. The first-order valence-corrected chi connectivity index (χ1v) is 7.66. The second kappa shape index (κ2) is 6.93. The molecule has 6 heteroatoms. The van der Waals surface area contributed by atoms with Gasteiger partial charge >= 0.3 is 6.09 Å². The number of carbonyl (C=O) groups is 1. The van der Waals surface area contributed by atoms with E-state index in [9.17, 15) is 4.79 Å². The maximum atomic E-state index is 11.5. The van der Waals surface area contributed by atoms with Gasteiger partial charge in [0, 0.05) is 43.5 Å². The van der Waals surface area contributed by atoms with Crippen molar-refractivity contribution in [3.8, 4) is 0 Å². The molecular weight excluding hydrogens is 268 g/mol. The highest BCUT2D eigenvalue weighted by molar-refractivity contribution is 5.67. The van der Waals surface area contributed by atoms with Crippen LogP contribution in [0.1, 0.15) is 36.7 Å². The summed E-state index contributed by atoms with van der Waals surface area (Å²) in [5.74, 6) is 0. The molecule has 2 heterocycles. The Kier molecular flexibility index (Phi) is 5.22. The van der Waals surface area contributed by atoms with Gasteiger partial charge in [0.05, 0.1) is 12.8 Å². The first-order valence-electron chi connectivity index (χ1n) is 7.66. The summed E-state index contributed by atoms with van der Waals surface area (Å²) < 4.78 is 6.84. The van der Waals surface area contributed by atoms with Crippen LogP contribution in [-0.2, 0) is 17.8 Å². The number of rotatable bonds is 5. The summed E-state index contributed by atoms with van der Waals surface area (Å²) >= 11 is 0. The highest BCUT2D eigenvalue weighted by Crippen LogP contribution is 2.15. The SMILES string of the molecule is CCCn1nc(C)c(CN[C@@H]2CCN(C(=O)OC)C2)c1C. The Bertz CT molecular complexity index is 498. The van der Waals surface area contributed by atoms with Gasteiger partial charge in [0.2, 0.25) is 0 Å². The molecule has 0 aliphatic carbocycles. The monoisotopic (exact) mass is 294 g/mol. The van der Waals surface area contributed by atoms with Crippen LogP contribution in [0.2, 0.25) is 0 Å². The Morgan fingerprint density at radius 2 is 2.24 bits per heavy atom. The third-order valence-electron chi connectivity index (χ3n) is 4.16. The number of aryl methyl sites for hydroxylation is 2. The van der Waals surface area contributed by atoms with Crippen molar-refractivity contribution in [3.05, 3.63) is 17.0 Å². The van der Waals surface area contributed by atoms with Gasteiger partial charge in [-0.1, -0.05) is 6.92 Å². The second-order valence-corrected chi connectivity index (χ2v) is 5.66. The van der Waals surface area contributed by atoms with E-state index in [1.54, 1.807) is 4.90 Å². The number of amides is 1. The largest absolute Gasteiger partial charge is 0.453 e. The summed E-state index contributed by atoms with van der Waals surface area (Å²) in [7, 11) is 1.43. The van der Waals surface area contributed by atoms with Gasteiger partial charge in [-0.25, -0.2) is 4.79 Å². The predicted octanol–water partition coefficient (Wildman–Crippen LogP) is 1.84. The summed E-state index contributed by atoms with van der Waals surface area (Å²) in [6, 6.07) is 0.331. The summed E-state index contributed by atoms with van der Waals surface area (Å²) in [5, 5.41) is 8.13. The minimum Gasteiger partial charge on any atom is -0.453 e. The van der Waals surface area contributed by atoms with Crippen LogP contribution in [0.3, 0.4) is 0 Å². The van der Waals surface area contributed by atoms with Crippen molar-refractivity contribution in [2.75, 3.05) is 20.2 Å². The molecule has 1 fully saturated rings. The van der Waals surface area contributed by atoms with Gasteiger partial charge in [-0.3, -0.25) is 4.68 Å². The Hall–Kier alpha value is -1.56. The molecule has 1 amide bonds. The lowest BCUT2D eigenvalue weighted by Crippen LogP contribution is -2.35. The van der Waals surface area contributed by atoms with E-state index in [1.807, 2.05) is 0 Å². The van der Waals surface area contributed by atoms with Crippen LogP contribution in [0, 0.1) is 13.8 Å². The predicted molar refractivity (Wildman–Crippen MR) is 81.2 cm³/mol. The van der Waals surface area contributed by atoms with Gasteiger partial charge in [-0.05, 0) is 26.7 Å². The standard InChI is InChI=1S/C15H26N4O2/c1-5-7-19-12(3)14(11(2)17-19)9-16-13-6-8-18(10-13)15(20)21-4/h13,16H,5-10H2,1-4H3/t13-/m1/s1. The molecule has 0 bridgehead atoms. The fourth-order valence-corrected chi connectivity index (χ4v) is 2.89. The van der Waals surface area contributed by atoms with Crippen LogP contribution in [0.5, 0.6) is 0 Å². The van der Waals surface area contributed by atoms with Gasteiger partial charge in [-0.2, -0.15) is 5.10 Å². The third kappa shape index (κ3) is 3.56. The van der Waals surface area contributed by atoms with Crippen LogP contribution in [0.25, 0.3) is 0 Å². The van der Waals surface area contributed by atoms with Crippen LogP contribution >= 0.6 is 0 Å². The third-order valence-corrected chi connectivity index (χ3v) is 4.16. The molecule has 0 aromatic carbocycles. The average molecular weight is 294 g/mol. The topological polar surface area (TPSA) is 59.4 Å². The van der Waals surface area contributed by atoms with Gasteiger partial charge in [0.15, 0.2) is 0 Å². The number of aromatic nitrogens is 2. The summed E-state index contributed by atoms with van der Waals surface area (Å²) in [4.78, 5) is 13.2. The molecule has 1 aromatic heterocycles. The Balaban J connectivity index is 1.91. The number of hydrogen-bond donors (Lipinski definition) is 1. The lowest BCUT2D eigenvalue weighted by molar-refractivity contribution is 0.132. The summed E-state index contributed by atoms with van der Waals surface area (Å²) in [6.45, 7) is 9.60. The fraction of sp³-hybridized carbons (Fsp3) is 0.733. The molecule has 2 rings (SSSR count). The molecule has 0 radical (unpaired) electrons. The van der Waals surface area contributed by atoms with Crippen molar-refractivity contribution in [2.45, 2.75) is 52.7 Å². The van der Waals surface area contributed by atoms with E-state index >= 15 is 0 Å². The zero-order valence-electron chi connectivity index (χ0n) is 13.5. The molecule has 0 saturated carbocycles. The van der Waals surface area contributed by atoms with E-state index in [-0.39, 0.29) is 6.09 Å². The summed E-state index contributed by atoms with van der Waals surface area (Å²) in [5.41, 5.74) is 3.61. The van der Waals surface area contributed by atoms with Crippen molar-refractivity contribution in [2.24, 2.45) is 0 Å². The molecule has 1 saturated heterocycles. The van der Waals surface area contributed by atoms with Crippen molar-refractivity contribution in [1.29, 1.82) is 0 Å². The smallest absolute Gasteiger partial charge is 0.409 e. The maximum absolute atomic E-state index is 11.5. The van der Waals surface area contributed by atoms with Gasteiger partial charge < -0.3 is 15.0 Å². The number of nitrogens with zero attached hydrogens (tertiary/aromatic N) is 3. The molecule has 21 heavy (non-hydrogen) atoms. The maximum Gasteiger partial charge on any atom is 0.409 e. The zero-order valence-corrected chi connectivity index (χ0v) is 13.5. The van der Waals surface area contributed by atoms with Crippen molar-refractivity contribution in [1.82, 2.24) is 20.0 Å². The molecule has 6 nitrogen and oxygen atoms in total. The Morgan fingerprint density at radius 1 is 1.48 bits per heavy atom. The van der Waals surface area contributed by atoms with Crippen LogP contribution in [-0.4, -0.2) is 47.0 Å². The Morgan fingerprint density at radius 3 is 2.90 bits per heavy atom. The molecule has 1 aliphatic heterocycles. The highest BCUT2D eigenvalue weighted by Gasteiger charge is 2.26. The second-order valence-electron chi connectivity index (χ2n) is 5.66. The first-order chi connectivity index (χ1) is 10.1. The van der Waals surface area contributed by atoms with Crippen molar-refractivity contribution >= 4 is 6.09 Å². The molecule has 0 unspecified atom stereocenters. The minimum atomic E-state index is -0.234.